The average molecular weight is 458 g/mol. The Bertz CT molecular complexity index is 883. The number of likely N-dealkylation sites (N-methyl/N-ethyl adjacent to an activating group) is 1. The second-order valence-electron chi connectivity index (χ2n) is 9.57. The lowest BCUT2D eigenvalue weighted by atomic mass is 9.89. The number of carbonyl (C=O) groups is 3. The van der Waals surface area contributed by atoms with E-state index in [4.69, 9.17) is 9.47 Å². The number of nitrogens with zero attached hydrogens (tertiary/aromatic N) is 1. The summed E-state index contributed by atoms with van der Waals surface area (Å²) in [7, 11) is 1.78. The Labute approximate surface area is 195 Å². The van der Waals surface area contributed by atoms with E-state index < -0.39 is 0 Å². The van der Waals surface area contributed by atoms with Crippen molar-refractivity contribution in [3.63, 3.8) is 0 Å². The van der Waals surface area contributed by atoms with Gasteiger partial charge >= 0.3 is 0 Å². The van der Waals surface area contributed by atoms with Crippen LogP contribution in [0.2, 0.25) is 0 Å². The maximum Gasteiger partial charge on any atom is 0.257 e. The molecule has 1 aromatic carbocycles. The van der Waals surface area contributed by atoms with Gasteiger partial charge < -0.3 is 25.0 Å². The van der Waals surface area contributed by atoms with Gasteiger partial charge in [-0.15, -0.1) is 0 Å². The molecule has 8 nitrogen and oxygen atoms in total. The van der Waals surface area contributed by atoms with Crippen LogP contribution in [-0.2, 0) is 14.3 Å². The van der Waals surface area contributed by atoms with Crippen LogP contribution in [0, 0.1) is 5.92 Å². The van der Waals surface area contributed by atoms with E-state index in [0.717, 1.165) is 13.0 Å². The summed E-state index contributed by atoms with van der Waals surface area (Å²) in [4.78, 5) is 38.8. The number of benzene rings is 1. The number of fused-ring (bicyclic) bond motifs is 2. The molecule has 2 N–H and O–H groups in total. The van der Waals surface area contributed by atoms with Crippen LogP contribution in [0.5, 0.6) is 5.75 Å². The molecule has 3 aliphatic rings. The predicted molar refractivity (Wildman–Crippen MR) is 124 cm³/mol. The molecule has 3 atom stereocenters. The lowest BCUT2D eigenvalue weighted by molar-refractivity contribution is -0.134. The maximum absolute atomic E-state index is 13.2. The topological polar surface area (TPSA) is 97.0 Å². The number of carbonyl (C=O) groups excluding carboxylic acids is 3. The summed E-state index contributed by atoms with van der Waals surface area (Å²) in [5, 5.41) is 5.81. The largest absolute Gasteiger partial charge is 0.490 e. The molecular formula is C25H35N3O5. The SMILES string of the molecule is CC(=O)Nc1ccc2c(c1)C(=O)N(C)[C@H]1CC[C@H](CC(=O)NCC3CCCCC3)O[C@H]1CO2. The third-order valence-corrected chi connectivity index (χ3v) is 7.06. The molecule has 0 aromatic heterocycles. The molecule has 0 radical (unpaired) electrons. The second-order valence-corrected chi connectivity index (χ2v) is 9.57. The number of ether oxygens (including phenoxy) is 2. The van der Waals surface area contributed by atoms with Crippen molar-refractivity contribution in [3.05, 3.63) is 23.8 Å². The van der Waals surface area contributed by atoms with Gasteiger partial charge in [-0.2, -0.15) is 0 Å². The van der Waals surface area contributed by atoms with Gasteiger partial charge in [-0.1, -0.05) is 19.3 Å². The zero-order valence-electron chi connectivity index (χ0n) is 19.6. The molecule has 0 spiro atoms. The first-order valence-corrected chi connectivity index (χ1v) is 12.1. The summed E-state index contributed by atoms with van der Waals surface area (Å²) < 4.78 is 12.2. The van der Waals surface area contributed by atoms with Crippen LogP contribution in [0.25, 0.3) is 0 Å². The number of amides is 3. The summed E-state index contributed by atoms with van der Waals surface area (Å²) in [5.74, 6) is 0.743. The van der Waals surface area contributed by atoms with Gasteiger partial charge in [0.05, 0.1) is 24.1 Å². The summed E-state index contributed by atoms with van der Waals surface area (Å²) in [6.07, 6.45) is 7.57. The van der Waals surface area contributed by atoms with E-state index in [1.807, 2.05) is 0 Å². The van der Waals surface area contributed by atoms with Gasteiger partial charge in [0.1, 0.15) is 18.5 Å². The highest BCUT2D eigenvalue weighted by molar-refractivity contribution is 5.99. The van der Waals surface area contributed by atoms with Crippen molar-refractivity contribution in [1.29, 1.82) is 0 Å². The standard InChI is InChI=1S/C25H35N3O5/c1-16(29)27-18-8-11-22-20(12-18)25(31)28(2)21-10-9-19(33-23(21)15-32-22)13-24(30)26-14-17-6-4-3-5-7-17/h8,11-12,17,19,21,23H,3-7,9-10,13-15H2,1-2H3,(H,26,30)(H,27,29)/t19-,21+,23+/m1/s1. The zero-order chi connectivity index (χ0) is 23.4. The minimum atomic E-state index is -0.299. The highest BCUT2D eigenvalue weighted by Crippen LogP contribution is 2.32. The molecule has 1 saturated carbocycles. The van der Waals surface area contributed by atoms with Gasteiger partial charge in [-0.05, 0) is 49.8 Å². The minimum Gasteiger partial charge on any atom is -0.490 e. The molecule has 4 rings (SSSR count). The molecule has 2 fully saturated rings. The van der Waals surface area contributed by atoms with Crippen molar-refractivity contribution in [2.45, 2.75) is 76.5 Å². The van der Waals surface area contributed by atoms with Gasteiger partial charge in [-0.25, -0.2) is 0 Å². The third kappa shape index (κ3) is 5.85. The van der Waals surface area contributed by atoms with Crippen molar-refractivity contribution in [3.8, 4) is 5.75 Å². The van der Waals surface area contributed by atoms with Gasteiger partial charge in [0.25, 0.3) is 5.91 Å². The molecule has 33 heavy (non-hydrogen) atoms. The van der Waals surface area contributed by atoms with Crippen LogP contribution < -0.4 is 15.4 Å². The summed E-state index contributed by atoms with van der Waals surface area (Å²) in [5.41, 5.74) is 0.981. The van der Waals surface area contributed by atoms with Crippen LogP contribution in [0.4, 0.5) is 5.69 Å². The van der Waals surface area contributed by atoms with Crippen molar-refractivity contribution < 1.29 is 23.9 Å². The summed E-state index contributed by atoms with van der Waals surface area (Å²) >= 11 is 0. The first-order valence-electron chi connectivity index (χ1n) is 12.1. The molecule has 8 heteroatoms. The second kappa shape index (κ2) is 10.5. The first-order chi connectivity index (χ1) is 15.9. The number of nitrogens with one attached hydrogen (secondary N) is 2. The smallest absolute Gasteiger partial charge is 0.257 e. The summed E-state index contributed by atoms with van der Waals surface area (Å²) in [6.45, 7) is 2.49. The monoisotopic (exact) mass is 457 g/mol. The van der Waals surface area contributed by atoms with Crippen LogP contribution >= 0.6 is 0 Å². The van der Waals surface area contributed by atoms with Crippen molar-refractivity contribution in [2.75, 3.05) is 25.5 Å². The fourth-order valence-corrected chi connectivity index (χ4v) is 5.24. The summed E-state index contributed by atoms with van der Waals surface area (Å²) in [6, 6.07) is 4.94. The zero-order valence-corrected chi connectivity index (χ0v) is 19.6. The lowest BCUT2D eigenvalue weighted by Crippen LogP contribution is -2.54. The molecule has 1 aliphatic carbocycles. The lowest BCUT2D eigenvalue weighted by Gasteiger charge is -2.42. The van der Waals surface area contributed by atoms with Crippen molar-refractivity contribution >= 4 is 23.4 Å². The Hall–Kier alpha value is -2.61. The first kappa shape index (κ1) is 23.5. The Kier molecular flexibility index (Phi) is 7.53. The van der Waals surface area contributed by atoms with E-state index in [1.165, 1.54) is 39.0 Å². The molecule has 1 aromatic rings. The van der Waals surface area contributed by atoms with E-state index in [0.29, 0.717) is 42.4 Å². The number of hydrogen-bond acceptors (Lipinski definition) is 5. The van der Waals surface area contributed by atoms with Crippen molar-refractivity contribution in [1.82, 2.24) is 10.2 Å². The number of hydrogen-bond donors (Lipinski definition) is 2. The van der Waals surface area contributed by atoms with Crippen LogP contribution in [0.3, 0.4) is 0 Å². The van der Waals surface area contributed by atoms with Gasteiger partial charge in [0.15, 0.2) is 0 Å². The Balaban J connectivity index is 1.36. The van der Waals surface area contributed by atoms with E-state index in [-0.39, 0.29) is 36.0 Å². The fraction of sp³-hybridized carbons (Fsp3) is 0.640. The molecular weight excluding hydrogens is 422 g/mol. The molecule has 2 aliphatic heterocycles. The fourth-order valence-electron chi connectivity index (χ4n) is 5.24. The van der Waals surface area contributed by atoms with Gasteiger partial charge in [0, 0.05) is 26.2 Å². The molecule has 1 saturated heterocycles. The van der Waals surface area contributed by atoms with Gasteiger partial charge in [0.2, 0.25) is 11.8 Å². The highest BCUT2D eigenvalue weighted by atomic mass is 16.5. The van der Waals surface area contributed by atoms with Gasteiger partial charge in [-0.3, -0.25) is 14.4 Å². The Morgan fingerprint density at radius 3 is 2.67 bits per heavy atom. The van der Waals surface area contributed by atoms with Crippen LogP contribution in [-0.4, -0.2) is 61.1 Å². The predicted octanol–water partition coefficient (Wildman–Crippen LogP) is 3.11. The Morgan fingerprint density at radius 2 is 1.91 bits per heavy atom. The molecule has 2 heterocycles. The van der Waals surface area contributed by atoms with E-state index in [9.17, 15) is 14.4 Å². The minimum absolute atomic E-state index is 0.0380. The molecule has 180 valence electrons. The molecule has 0 unspecified atom stereocenters. The maximum atomic E-state index is 13.2. The molecule has 0 bridgehead atoms. The number of rotatable bonds is 5. The third-order valence-electron chi connectivity index (χ3n) is 7.06. The Morgan fingerprint density at radius 1 is 1.12 bits per heavy atom. The molecule has 3 amide bonds. The van der Waals surface area contributed by atoms with E-state index in [1.54, 1.807) is 30.1 Å². The normalized spacial score (nSPS) is 25.7. The number of anilines is 1. The van der Waals surface area contributed by atoms with Crippen molar-refractivity contribution in [2.24, 2.45) is 5.92 Å². The highest BCUT2D eigenvalue weighted by Gasteiger charge is 2.39. The van der Waals surface area contributed by atoms with E-state index in [2.05, 4.69) is 10.6 Å². The van der Waals surface area contributed by atoms with Crippen LogP contribution in [0.1, 0.15) is 68.6 Å². The average Bonchev–Trinajstić information content (AvgIpc) is 2.81. The van der Waals surface area contributed by atoms with E-state index >= 15 is 0 Å². The van der Waals surface area contributed by atoms with Crippen LogP contribution in [0.15, 0.2) is 18.2 Å². The quantitative estimate of drug-likeness (QED) is 0.708.